The maximum absolute atomic E-state index is 5.55. The fourth-order valence-corrected chi connectivity index (χ4v) is 1.65. The van der Waals surface area contributed by atoms with E-state index in [1.807, 2.05) is 19.1 Å². The highest BCUT2D eigenvalue weighted by atomic mass is 16.5. The van der Waals surface area contributed by atoms with Crippen molar-refractivity contribution in [1.29, 1.82) is 0 Å². The van der Waals surface area contributed by atoms with Gasteiger partial charge in [-0.3, -0.25) is 11.3 Å². The first-order valence-electron chi connectivity index (χ1n) is 5.39. The molecule has 0 saturated carbocycles. The Labute approximate surface area is 91.6 Å². The zero-order valence-corrected chi connectivity index (χ0v) is 9.49. The van der Waals surface area contributed by atoms with E-state index in [9.17, 15) is 0 Å². The van der Waals surface area contributed by atoms with Crippen LogP contribution >= 0.6 is 0 Å². The predicted molar refractivity (Wildman–Crippen MR) is 62.4 cm³/mol. The van der Waals surface area contributed by atoms with Crippen LogP contribution in [0, 0.1) is 6.92 Å². The van der Waals surface area contributed by atoms with Crippen molar-refractivity contribution in [2.24, 2.45) is 5.84 Å². The summed E-state index contributed by atoms with van der Waals surface area (Å²) in [5, 5.41) is 0. The van der Waals surface area contributed by atoms with Crippen LogP contribution in [0.15, 0.2) is 24.3 Å². The number of hydrogen-bond donors (Lipinski definition) is 2. The van der Waals surface area contributed by atoms with Crippen molar-refractivity contribution in [2.45, 2.75) is 26.3 Å². The number of nitrogens with two attached hydrogens (primary N) is 1. The van der Waals surface area contributed by atoms with Gasteiger partial charge in [0.1, 0.15) is 0 Å². The van der Waals surface area contributed by atoms with E-state index in [0.717, 1.165) is 19.6 Å². The van der Waals surface area contributed by atoms with Gasteiger partial charge in [-0.05, 0) is 31.4 Å². The molecule has 0 aliphatic heterocycles. The average molecular weight is 208 g/mol. The lowest BCUT2D eigenvalue weighted by molar-refractivity contribution is 0.136. The standard InChI is InChI=1S/C12H20N2O/c1-3-15-9-8-12(14-13)11-7-5-4-6-10(11)2/h4-7,12,14H,3,8-9,13H2,1-2H3. The topological polar surface area (TPSA) is 47.3 Å². The summed E-state index contributed by atoms with van der Waals surface area (Å²) in [6, 6.07) is 8.45. The molecule has 0 aliphatic carbocycles. The lowest BCUT2D eigenvalue weighted by atomic mass is 10.00. The molecule has 0 radical (unpaired) electrons. The van der Waals surface area contributed by atoms with Gasteiger partial charge in [-0.25, -0.2) is 0 Å². The number of hydrazine groups is 1. The van der Waals surface area contributed by atoms with Gasteiger partial charge < -0.3 is 4.74 Å². The van der Waals surface area contributed by atoms with Gasteiger partial charge in [0.2, 0.25) is 0 Å². The Balaban J connectivity index is 2.61. The number of ether oxygens (including phenoxy) is 1. The summed E-state index contributed by atoms with van der Waals surface area (Å²) in [7, 11) is 0. The molecule has 3 N–H and O–H groups in total. The lowest BCUT2D eigenvalue weighted by Crippen LogP contribution is -2.29. The zero-order chi connectivity index (χ0) is 11.1. The van der Waals surface area contributed by atoms with Crippen LogP contribution in [0.25, 0.3) is 0 Å². The van der Waals surface area contributed by atoms with Crippen LogP contribution in [0.5, 0.6) is 0 Å². The summed E-state index contributed by atoms with van der Waals surface area (Å²) in [5.74, 6) is 5.55. The molecular weight excluding hydrogens is 188 g/mol. The first kappa shape index (κ1) is 12.2. The van der Waals surface area contributed by atoms with E-state index < -0.39 is 0 Å². The minimum atomic E-state index is 0.178. The Morgan fingerprint density at radius 1 is 1.40 bits per heavy atom. The highest BCUT2D eigenvalue weighted by Crippen LogP contribution is 2.19. The molecule has 0 heterocycles. The first-order chi connectivity index (χ1) is 7.29. The Morgan fingerprint density at radius 3 is 2.73 bits per heavy atom. The van der Waals surface area contributed by atoms with Gasteiger partial charge in [0.05, 0.1) is 0 Å². The molecule has 0 bridgehead atoms. The fraction of sp³-hybridized carbons (Fsp3) is 0.500. The Bertz CT molecular complexity index is 289. The van der Waals surface area contributed by atoms with Crippen molar-refractivity contribution in [1.82, 2.24) is 5.43 Å². The van der Waals surface area contributed by atoms with Crippen LogP contribution in [-0.2, 0) is 4.74 Å². The molecule has 0 saturated heterocycles. The van der Waals surface area contributed by atoms with Crippen molar-refractivity contribution in [3.8, 4) is 0 Å². The maximum Gasteiger partial charge on any atom is 0.0484 e. The molecule has 84 valence electrons. The van der Waals surface area contributed by atoms with E-state index in [1.54, 1.807) is 0 Å². The third-order valence-electron chi connectivity index (χ3n) is 2.52. The second-order valence-corrected chi connectivity index (χ2v) is 3.56. The summed E-state index contributed by atoms with van der Waals surface area (Å²) < 4.78 is 5.33. The number of rotatable bonds is 6. The summed E-state index contributed by atoms with van der Waals surface area (Å²) in [6.07, 6.45) is 0.898. The van der Waals surface area contributed by atoms with E-state index in [4.69, 9.17) is 10.6 Å². The second-order valence-electron chi connectivity index (χ2n) is 3.56. The Kier molecular flexibility index (Phi) is 5.32. The van der Waals surface area contributed by atoms with Gasteiger partial charge in [-0.2, -0.15) is 0 Å². The van der Waals surface area contributed by atoms with Crippen molar-refractivity contribution in [3.05, 3.63) is 35.4 Å². The summed E-state index contributed by atoms with van der Waals surface area (Å²) in [5.41, 5.74) is 5.35. The lowest BCUT2D eigenvalue weighted by Gasteiger charge is -2.18. The van der Waals surface area contributed by atoms with Crippen LogP contribution in [0.1, 0.15) is 30.5 Å². The molecule has 0 aromatic heterocycles. The van der Waals surface area contributed by atoms with Gasteiger partial charge in [0.15, 0.2) is 0 Å². The minimum absolute atomic E-state index is 0.178. The van der Waals surface area contributed by atoms with Crippen LogP contribution in [0.4, 0.5) is 0 Å². The molecule has 1 unspecified atom stereocenters. The molecule has 0 amide bonds. The van der Waals surface area contributed by atoms with Crippen molar-refractivity contribution < 1.29 is 4.74 Å². The number of benzene rings is 1. The summed E-state index contributed by atoms with van der Waals surface area (Å²) in [4.78, 5) is 0. The van der Waals surface area contributed by atoms with E-state index in [2.05, 4.69) is 24.5 Å². The van der Waals surface area contributed by atoms with Crippen molar-refractivity contribution in [2.75, 3.05) is 13.2 Å². The number of hydrogen-bond acceptors (Lipinski definition) is 3. The quantitative estimate of drug-likeness (QED) is 0.426. The van der Waals surface area contributed by atoms with Crippen LogP contribution in [0.2, 0.25) is 0 Å². The number of aryl methyl sites for hydroxylation is 1. The molecule has 0 spiro atoms. The van der Waals surface area contributed by atoms with Gasteiger partial charge in [0.25, 0.3) is 0 Å². The first-order valence-corrected chi connectivity index (χ1v) is 5.39. The Hall–Kier alpha value is -0.900. The average Bonchev–Trinajstić information content (AvgIpc) is 2.26. The van der Waals surface area contributed by atoms with Gasteiger partial charge in [-0.1, -0.05) is 24.3 Å². The van der Waals surface area contributed by atoms with Crippen molar-refractivity contribution in [3.63, 3.8) is 0 Å². The number of nitrogens with one attached hydrogen (secondary N) is 1. The molecule has 15 heavy (non-hydrogen) atoms. The molecule has 0 fully saturated rings. The van der Waals surface area contributed by atoms with Gasteiger partial charge in [-0.15, -0.1) is 0 Å². The van der Waals surface area contributed by atoms with E-state index >= 15 is 0 Å². The third kappa shape index (κ3) is 3.63. The molecule has 1 aromatic carbocycles. The highest BCUT2D eigenvalue weighted by molar-refractivity contribution is 5.28. The van der Waals surface area contributed by atoms with E-state index in [1.165, 1.54) is 11.1 Å². The normalized spacial score (nSPS) is 12.7. The monoisotopic (exact) mass is 208 g/mol. The molecular formula is C12H20N2O. The van der Waals surface area contributed by atoms with E-state index in [-0.39, 0.29) is 6.04 Å². The summed E-state index contributed by atoms with van der Waals surface area (Å²) >= 11 is 0. The second kappa shape index (κ2) is 6.56. The maximum atomic E-state index is 5.55. The van der Waals surface area contributed by atoms with Gasteiger partial charge >= 0.3 is 0 Å². The minimum Gasteiger partial charge on any atom is -0.382 e. The molecule has 3 heteroatoms. The largest absolute Gasteiger partial charge is 0.382 e. The predicted octanol–water partition coefficient (Wildman–Crippen LogP) is 1.93. The molecule has 1 aromatic rings. The van der Waals surface area contributed by atoms with Gasteiger partial charge in [0, 0.05) is 19.3 Å². The fourth-order valence-electron chi connectivity index (χ4n) is 1.65. The Morgan fingerprint density at radius 2 is 2.13 bits per heavy atom. The molecule has 0 aliphatic rings. The summed E-state index contributed by atoms with van der Waals surface area (Å²) in [6.45, 7) is 5.59. The highest BCUT2D eigenvalue weighted by Gasteiger charge is 2.10. The van der Waals surface area contributed by atoms with Crippen LogP contribution in [-0.4, -0.2) is 13.2 Å². The molecule has 1 atom stereocenters. The third-order valence-corrected chi connectivity index (χ3v) is 2.52. The zero-order valence-electron chi connectivity index (χ0n) is 9.49. The molecule has 3 nitrogen and oxygen atoms in total. The molecule has 1 rings (SSSR count). The smallest absolute Gasteiger partial charge is 0.0484 e. The van der Waals surface area contributed by atoms with Crippen molar-refractivity contribution >= 4 is 0 Å². The van der Waals surface area contributed by atoms with E-state index in [0.29, 0.717) is 0 Å². The van der Waals surface area contributed by atoms with Crippen LogP contribution < -0.4 is 11.3 Å². The van der Waals surface area contributed by atoms with Crippen LogP contribution in [0.3, 0.4) is 0 Å². The SMILES string of the molecule is CCOCCC(NN)c1ccccc1C.